The molecule has 1 fully saturated rings. The van der Waals surface area contributed by atoms with Crippen LogP contribution in [0.3, 0.4) is 0 Å². The van der Waals surface area contributed by atoms with Crippen molar-refractivity contribution in [2.45, 2.75) is 18.9 Å². The van der Waals surface area contributed by atoms with Crippen LogP contribution in [-0.4, -0.2) is 24.9 Å². The zero-order valence-electron chi connectivity index (χ0n) is 10.0. The van der Waals surface area contributed by atoms with E-state index in [1.165, 1.54) is 0 Å². The van der Waals surface area contributed by atoms with Gasteiger partial charge in [0, 0.05) is 25.2 Å². The summed E-state index contributed by atoms with van der Waals surface area (Å²) in [5, 5.41) is 11.5. The molecule has 1 heterocycles. The van der Waals surface area contributed by atoms with Crippen LogP contribution in [0.1, 0.15) is 24.5 Å². The minimum Gasteiger partial charge on any atom is -0.388 e. The first kappa shape index (κ1) is 14.1. The molecular formula is C13H17Cl2NO2. The third-order valence-corrected chi connectivity index (χ3v) is 4.47. The third kappa shape index (κ3) is 2.65. The van der Waals surface area contributed by atoms with Crippen molar-refractivity contribution >= 4 is 23.2 Å². The van der Waals surface area contributed by atoms with Crippen LogP contribution < -0.4 is 5.73 Å². The zero-order chi connectivity index (χ0) is 13.2. The highest BCUT2D eigenvalue weighted by molar-refractivity contribution is 6.42. The van der Waals surface area contributed by atoms with Crippen LogP contribution in [0.4, 0.5) is 0 Å². The Bertz CT molecular complexity index is 419. The number of halogens is 2. The Morgan fingerprint density at radius 2 is 1.94 bits per heavy atom. The molecule has 1 saturated heterocycles. The number of hydrogen-bond donors (Lipinski definition) is 2. The molecule has 3 N–H and O–H groups in total. The predicted octanol–water partition coefficient (Wildman–Crippen LogP) is 2.78. The average molecular weight is 290 g/mol. The topological polar surface area (TPSA) is 55.5 Å². The lowest BCUT2D eigenvalue weighted by atomic mass is 9.73. The summed E-state index contributed by atoms with van der Waals surface area (Å²) in [5.74, 6) is 0. The summed E-state index contributed by atoms with van der Waals surface area (Å²) in [5.41, 5.74) is 6.31. The zero-order valence-corrected chi connectivity index (χ0v) is 11.5. The maximum Gasteiger partial charge on any atom is 0.0860 e. The Morgan fingerprint density at radius 1 is 1.28 bits per heavy atom. The van der Waals surface area contributed by atoms with Crippen molar-refractivity contribution in [3.8, 4) is 0 Å². The lowest BCUT2D eigenvalue weighted by molar-refractivity contribution is -0.0581. The lowest BCUT2D eigenvalue weighted by Crippen LogP contribution is -2.41. The summed E-state index contributed by atoms with van der Waals surface area (Å²) in [6, 6.07) is 5.21. The molecule has 0 aliphatic carbocycles. The van der Waals surface area contributed by atoms with Gasteiger partial charge in [-0.3, -0.25) is 0 Å². The van der Waals surface area contributed by atoms with E-state index in [0.717, 1.165) is 18.4 Å². The van der Waals surface area contributed by atoms with Crippen molar-refractivity contribution < 1.29 is 9.84 Å². The van der Waals surface area contributed by atoms with Crippen molar-refractivity contribution in [1.29, 1.82) is 0 Å². The molecule has 1 aromatic carbocycles. The Hall–Kier alpha value is -0.320. The van der Waals surface area contributed by atoms with E-state index in [0.29, 0.717) is 29.8 Å². The summed E-state index contributed by atoms with van der Waals surface area (Å²) in [6.45, 7) is 1.70. The first-order valence-electron chi connectivity index (χ1n) is 6.00. The summed E-state index contributed by atoms with van der Waals surface area (Å²) >= 11 is 11.9. The number of ether oxygens (including phenoxy) is 1. The molecule has 1 aromatic rings. The van der Waals surface area contributed by atoms with Crippen LogP contribution in [-0.2, 0) is 4.74 Å². The summed E-state index contributed by atoms with van der Waals surface area (Å²) in [4.78, 5) is 0. The van der Waals surface area contributed by atoms with Crippen molar-refractivity contribution in [3.05, 3.63) is 33.8 Å². The molecule has 0 aromatic heterocycles. The largest absolute Gasteiger partial charge is 0.388 e. The van der Waals surface area contributed by atoms with E-state index < -0.39 is 6.10 Å². The van der Waals surface area contributed by atoms with Crippen LogP contribution in [0.2, 0.25) is 10.0 Å². The predicted molar refractivity (Wildman–Crippen MR) is 73.0 cm³/mol. The number of aliphatic hydroxyl groups is 1. The van der Waals surface area contributed by atoms with Crippen LogP contribution in [0, 0.1) is 5.41 Å². The van der Waals surface area contributed by atoms with E-state index in [1.54, 1.807) is 18.2 Å². The van der Waals surface area contributed by atoms with Crippen LogP contribution in [0.25, 0.3) is 0 Å². The molecule has 0 spiro atoms. The minimum absolute atomic E-state index is 0.324. The van der Waals surface area contributed by atoms with Gasteiger partial charge in [0.2, 0.25) is 0 Å². The molecule has 0 amide bonds. The highest BCUT2D eigenvalue weighted by atomic mass is 35.5. The van der Waals surface area contributed by atoms with Crippen LogP contribution in [0.15, 0.2) is 18.2 Å². The van der Waals surface area contributed by atoms with Gasteiger partial charge in [0.1, 0.15) is 0 Å². The van der Waals surface area contributed by atoms with Gasteiger partial charge in [0.15, 0.2) is 0 Å². The Kier molecular flexibility index (Phi) is 4.51. The number of benzene rings is 1. The average Bonchev–Trinajstić information content (AvgIpc) is 2.42. The normalized spacial score (nSPS) is 20.7. The van der Waals surface area contributed by atoms with Crippen molar-refractivity contribution in [1.82, 2.24) is 0 Å². The van der Waals surface area contributed by atoms with E-state index in [-0.39, 0.29) is 5.41 Å². The second-order valence-corrected chi connectivity index (χ2v) is 5.57. The quantitative estimate of drug-likeness (QED) is 0.900. The van der Waals surface area contributed by atoms with Gasteiger partial charge in [-0.1, -0.05) is 29.3 Å². The highest BCUT2D eigenvalue weighted by Gasteiger charge is 2.39. The molecule has 18 heavy (non-hydrogen) atoms. The standard InChI is InChI=1S/C13H17Cl2NO2/c14-10-2-1-9(7-11(10)15)12(17)13(8-16)3-5-18-6-4-13/h1-2,7,12,17H,3-6,8,16H2. The molecule has 1 aliphatic heterocycles. The van der Waals surface area contributed by atoms with Gasteiger partial charge in [-0.2, -0.15) is 0 Å². The number of aliphatic hydroxyl groups excluding tert-OH is 1. The number of rotatable bonds is 3. The van der Waals surface area contributed by atoms with E-state index in [4.69, 9.17) is 33.7 Å². The van der Waals surface area contributed by atoms with Gasteiger partial charge in [-0.25, -0.2) is 0 Å². The summed E-state index contributed by atoms with van der Waals surface area (Å²) in [7, 11) is 0. The minimum atomic E-state index is -0.638. The SMILES string of the molecule is NCC1(C(O)c2ccc(Cl)c(Cl)c2)CCOCC1. The Labute approximate surface area is 117 Å². The molecule has 0 saturated carbocycles. The van der Waals surface area contributed by atoms with Gasteiger partial charge in [0.25, 0.3) is 0 Å². The van der Waals surface area contributed by atoms with Crippen LogP contribution in [0.5, 0.6) is 0 Å². The number of nitrogens with two attached hydrogens (primary N) is 1. The van der Waals surface area contributed by atoms with Gasteiger partial charge in [-0.05, 0) is 30.5 Å². The number of hydrogen-bond acceptors (Lipinski definition) is 3. The first-order valence-corrected chi connectivity index (χ1v) is 6.75. The highest BCUT2D eigenvalue weighted by Crippen LogP contribution is 2.42. The van der Waals surface area contributed by atoms with Gasteiger partial charge >= 0.3 is 0 Å². The van der Waals surface area contributed by atoms with Crippen molar-refractivity contribution in [2.75, 3.05) is 19.8 Å². The van der Waals surface area contributed by atoms with Gasteiger partial charge in [-0.15, -0.1) is 0 Å². The van der Waals surface area contributed by atoms with E-state index >= 15 is 0 Å². The first-order chi connectivity index (χ1) is 8.59. The van der Waals surface area contributed by atoms with Crippen molar-refractivity contribution in [2.24, 2.45) is 11.1 Å². The monoisotopic (exact) mass is 289 g/mol. The molecule has 3 nitrogen and oxygen atoms in total. The molecule has 1 atom stereocenters. The maximum absolute atomic E-state index is 10.6. The van der Waals surface area contributed by atoms with E-state index in [9.17, 15) is 5.11 Å². The Morgan fingerprint density at radius 3 is 2.50 bits per heavy atom. The van der Waals surface area contributed by atoms with Gasteiger partial charge in [0.05, 0.1) is 16.1 Å². The molecule has 1 unspecified atom stereocenters. The summed E-state index contributed by atoms with van der Waals surface area (Å²) < 4.78 is 5.34. The second-order valence-electron chi connectivity index (χ2n) is 4.75. The third-order valence-electron chi connectivity index (χ3n) is 3.73. The van der Waals surface area contributed by atoms with Crippen LogP contribution >= 0.6 is 23.2 Å². The van der Waals surface area contributed by atoms with E-state index in [1.807, 2.05) is 0 Å². The molecule has 100 valence electrons. The maximum atomic E-state index is 10.6. The molecule has 5 heteroatoms. The smallest absolute Gasteiger partial charge is 0.0860 e. The molecule has 0 bridgehead atoms. The fourth-order valence-electron chi connectivity index (χ4n) is 2.40. The van der Waals surface area contributed by atoms with Crippen molar-refractivity contribution in [3.63, 3.8) is 0 Å². The molecule has 0 radical (unpaired) electrons. The second kappa shape index (κ2) is 5.76. The van der Waals surface area contributed by atoms with E-state index in [2.05, 4.69) is 0 Å². The fraction of sp³-hybridized carbons (Fsp3) is 0.538. The fourth-order valence-corrected chi connectivity index (χ4v) is 2.71. The summed E-state index contributed by atoms with van der Waals surface area (Å²) in [6.07, 6.45) is 0.872. The molecule has 1 aliphatic rings. The molecular weight excluding hydrogens is 273 g/mol. The Balaban J connectivity index is 2.27. The lowest BCUT2D eigenvalue weighted by Gasteiger charge is -2.40. The molecule has 2 rings (SSSR count). The van der Waals surface area contributed by atoms with Gasteiger partial charge < -0.3 is 15.6 Å².